The normalized spacial score (nSPS) is 11.9. The van der Waals surface area contributed by atoms with Crippen LogP contribution in [-0.4, -0.2) is 40.0 Å². The Morgan fingerprint density at radius 3 is 2.67 bits per heavy atom. The first-order valence-corrected chi connectivity index (χ1v) is 6.39. The first kappa shape index (κ1) is 14.6. The number of hydrogen-bond acceptors (Lipinski definition) is 3. The lowest BCUT2D eigenvalue weighted by molar-refractivity contribution is -0.141. The number of amides is 1. The average Bonchev–Trinajstić information content (AvgIpc) is 2.34. The van der Waals surface area contributed by atoms with Crippen LogP contribution in [0.1, 0.15) is 24.3 Å². The van der Waals surface area contributed by atoms with Crippen molar-refractivity contribution in [2.24, 2.45) is 5.92 Å². The molecule has 1 N–H and O–H groups in total. The highest BCUT2D eigenvalue weighted by Gasteiger charge is 2.21. The van der Waals surface area contributed by atoms with Gasteiger partial charge in [0.2, 0.25) is 0 Å². The molecule has 1 amide bonds. The van der Waals surface area contributed by atoms with Crippen molar-refractivity contribution in [2.45, 2.75) is 13.8 Å². The highest BCUT2D eigenvalue weighted by atomic mass is 79.9. The fourth-order valence-corrected chi connectivity index (χ4v) is 1.80. The molecule has 18 heavy (non-hydrogen) atoms. The third kappa shape index (κ3) is 3.80. The number of nitrogens with zero attached hydrogens (tertiary/aromatic N) is 2. The first-order valence-electron chi connectivity index (χ1n) is 5.60. The molecule has 1 rings (SSSR count). The summed E-state index contributed by atoms with van der Waals surface area (Å²) in [6.45, 7) is 4.01. The highest BCUT2D eigenvalue weighted by molar-refractivity contribution is 9.10. The second-order valence-corrected chi connectivity index (χ2v) is 4.74. The molecule has 0 spiro atoms. The molecule has 0 aromatic carbocycles. The van der Waals surface area contributed by atoms with Crippen molar-refractivity contribution >= 4 is 27.8 Å². The second kappa shape index (κ2) is 6.49. The van der Waals surface area contributed by atoms with Gasteiger partial charge in [-0.05, 0) is 35.0 Å². The molecule has 0 aliphatic carbocycles. The van der Waals surface area contributed by atoms with Crippen molar-refractivity contribution in [1.82, 2.24) is 9.88 Å². The van der Waals surface area contributed by atoms with Gasteiger partial charge in [0.15, 0.2) is 0 Å². The molecule has 0 aliphatic heterocycles. The minimum atomic E-state index is -0.913. The number of carboxylic acids is 1. The molecule has 1 unspecified atom stereocenters. The van der Waals surface area contributed by atoms with Crippen LogP contribution in [-0.2, 0) is 4.79 Å². The maximum Gasteiger partial charge on any atom is 0.308 e. The highest BCUT2D eigenvalue weighted by Crippen LogP contribution is 2.10. The van der Waals surface area contributed by atoms with Gasteiger partial charge in [-0.25, -0.2) is 4.98 Å². The summed E-state index contributed by atoms with van der Waals surface area (Å²) >= 11 is 3.20. The van der Waals surface area contributed by atoms with E-state index in [-0.39, 0.29) is 12.5 Å². The number of hydrogen-bond donors (Lipinski definition) is 1. The fourth-order valence-electron chi connectivity index (χ4n) is 1.45. The van der Waals surface area contributed by atoms with Crippen molar-refractivity contribution in [3.8, 4) is 0 Å². The van der Waals surface area contributed by atoms with Gasteiger partial charge >= 0.3 is 5.97 Å². The topological polar surface area (TPSA) is 70.5 Å². The molecule has 0 aliphatic rings. The van der Waals surface area contributed by atoms with E-state index in [9.17, 15) is 9.59 Å². The van der Waals surface area contributed by atoms with E-state index in [0.29, 0.717) is 16.8 Å². The van der Waals surface area contributed by atoms with Crippen molar-refractivity contribution in [3.05, 3.63) is 28.5 Å². The Labute approximate surface area is 114 Å². The van der Waals surface area contributed by atoms with Crippen LogP contribution in [0.25, 0.3) is 0 Å². The van der Waals surface area contributed by atoms with Crippen LogP contribution in [0.15, 0.2) is 22.8 Å². The van der Waals surface area contributed by atoms with E-state index in [0.717, 1.165) is 0 Å². The monoisotopic (exact) mass is 314 g/mol. The molecule has 5 nitrogen and oxygen atoms in total. The number of carbonyl (C=O) groups is 2. The van der Waals surface area contributed by atoms with Crippen molar-refractivity contribution in [2.75, 3.05) is 13.1 Å². The molecule has 1 aromatic heterocycles. The van der Waals surface area contributed by atoms with Gasteiger partial charge in [-0.3, -0.25) is 9.59 Å². The molecule has 1 aromatic rings. The summed E-state index contributed by atoms with van der Waals surface area (Å²) in [4.78, 5) is 28.5. The molecule has 0 saturated heterocycles. The van der Waals surface area contributed by atoms with Gasteiger partial charge in [0.05, 0.1) is 5.92 Å². The van der Waals surface area contributed by atoms with Crippen molar-refractivity contribution in [3.63, 3.8) is 0 Å². The molecule has 1 heterocycles. The summed E-state index contributed by atoms with van der Waals surface area (Å²) in [5.41, 5.74) is 0.309. The van der Waals surface area contributed by atoms with Gasteiger partial charge in [-0.1, -0.05) is 13.0 Å². The SMILES string of the molecule is CCN(CC(C)C(=O)O)C(=O)c1cccc(Br)n1. The number of aromatic nitrogens is 1. The summed E-state index contributed by atoms with van der Waals surface area (Å²) in [5, 5.41) is 8.86. The Morgan fingerprint density at radius 2 is 2.17 bits per heavy atom. The van der Waals surface area contributed by atoms with Crippen molar-refractivity contribution in [1.29, 1.82) is 0 Å². The molecule has 0 radical (unpaired) electrons. The summed E-state index contributed by atoms with van der Waals surface area (Å²) < 4.78 is 0.579. The minimum Gasteiger partial charge on any atom is -0.481 e. The van der Waals surface area contributed by atoms with Crippen molar-refractivity contribution < 1.29 is 14.7 Å². The Kier molecular flexibility index (Phi) is 5.27. The maximum atomic E-state index is 12.1. The number of pyridine rings is 1. The lowest BCUT2D eigenvalue weighted by Gasteiger charge is -2.22. The van der Waals surface area contributed by atoms with Gasteiger partial charge in [0, 0.05) is 13.1 Å². The van der Waals surface area contributed by atoms with Crippen LogP contribution in [0.4, 0.5) is 0 Å². The van der Waals surface area contributed by atoms with E-state index >= 15 is 0 Å². The van der Waals surface area contributed by atoms with Gasteiger partial charge < -0.3 is 10.0 Å². The third-order valence-electron chi connectivity index (χ3n) is 2.52. The lowest BCUT2D eigenvalue weighted by atomic mass is 10.1. The van der Waals surface area contributed by atoms with E-state index in [1.54, 1.807) is 25.1 Å². The molecule has 0 saturated carbocycles. The average molecular weight is 315 g/mol. The summed E-state index contributed by atoms with van der Waals surface area (Å²) in [6, 6.07) is 5.06. The largest absolute Gasteiger partial charge is 0.481 e. The first-order chi connectivity index (χ1) is 8.45. The molecule has 0 fully saturated rings. The number of aliphatic carboxylic acids is 1. The Bertz CT molecular complexity index is 451. The van der Waals surface area contributed by atoms with Crippen LogP contribution in [0.3, 0.4) is 0 Å². The predicted molar refractivity (Wildman–Crippen MR) is 70.3 cm³/mol. The fraction of sp³-hybridized carbons (Fsp3) is 0.417. The second-order valence-electron chi connectivity index (χ2n) is 3.93. The molecular weight excluding hydrogens is 300 g/mol. The molecule has 6 heteroatoms. The van der Waals surface area contributed by atoms with E-state index in [1.807, 2.05) is 6.92 Å². The summed E-state index contributed by atoms with van der Waals surface area (Å²) in [5.74, 6) is -1.77. The van der Waals surface area contributed by atoms with Gasteiger partial charge in [0.25, 0.3) is 5.91 Å². The van der Waals surface area contributed by atoms with Crippen LogP contribution < -0.4 is 0 Å². The number of carbonyl (C=O) groups excluding carboxylic acids is 1. The zero-order chi connectivity index (χ0) is 13.7. The standard InChI is InChI=1S/C12H15BrN2O3/c1-3-15(7-8(2)12(17)18)11(16)9-5-4-6-10(13)14-9/h4-6,8H,3,7H2,1-2H3,(H,17,18). The number of rotatable bonds is 5. The molecule has 98 valence electrons. The molecule has 0 bridgehead atoms. The Morgan fingerprint density at radius 1 is 1.50 bits per heavy atom. The minimum absolute atomic E-state index is 0.179. The summed E-state index contributed by atoms with van der Waals surface area (Å²) in [6.07, 6.45) is 0. The van der Waals surface area contributed by atoms with Gasteiger partial charge in [-0.15, -0.1) is 0 Å². The third-order valence-corrected chi connectivity index (χ3v) is 2.96. The number of halogens is 1. The van der Waals surface area contributed by atoms with E-state index in [2.05, 4.69) is 20.9 Å². The predicted octanol–water partition coefficient (Wildman–Crippen LogP) is 2.03. The Balaban J connectivity index is 2.82. The van der Waals surface area contributed by atoms with Gasteiger partial charge in [0.1, 0.15) is 10.3 Å². The van der Waals surface area contributed by atoms with E-state index in [1.165, 1.54) is 4.90 Å². The Hall–Kier alpha value is -1.43. The molecular formula is C12H15BrN2O3. The van der Waals surface area contributed by atoms with Crippen LogP contribution in [0.2, 0.25) is 0 Å². The summed E-state index contributed by atoms with van der Waals surface area (Å²) in [7, 11) is 0. The van der Waals surface area contributed by atoms with E-state index < -0.39 is 11.9 Å². The maximum absolute atomic E-state index is 12.1. The zero-order valence-corrected chi connectivity index (χ0v) is 11.8. The lowest BCUT2D eigenvalue weighted by Crippen LogP contribution is -2.37. The van der Waals surface area contributed by atoms with E-state index in [4.69, 9.17) is 5.11 Å². The van der Waals surface area contributed by atoms with Crippen LogP contribution in [0, 0.1) is 5.92 Å². The smallest absolute Gasteiger partial charge is 0.308 e. The zero-order valence-electron chi connectivity index (χ0n) is 10.3. The molecule has 1 atom stereocenters. The van der Waals surface area contributed by atoms with Crippen LogP contribution in [0.5, 0.6) is 0 Å². The number of carboxylic acid groups (broad SMARTS) is 1. The quantitative estimate of drug-likeness (QED) is 0.844. The van der Waals surface area contributed by atoms with Gasteiger partial charge in [-0.2, -0.15) is 0 Å². The van der Waals surface area contributed by atoms with Crippen LogP contribution >= 0.6 is 15.9 Å².